The van der Waals surface area contributed by atoms with Crippen molar-refractivity contribution in [2.24, 2.45) is 10.9 Å². The van der Waals surface area contributed by atoms with Crippen molar-refractivity contribution in [3.8, 4) is 11.3 Å². The summed E-state index contributed by atoms with van der Waals surface area (Å²) < 4.78 is 5.72. The second kappa shape index (κ2) is 8.03. The SMILES string of the molecule is CC1=Nc2n[nH]c(-c3ccccc3)c2C(c2ccccc2[N+](=O)[O-])C1C(=O)OC(C)(C)C. The maximum absolute atomic E-state index is 13.4. The van der Waals surface area contributed by atoms with Crippen LogP contribution in [0.25, 0.3) is 11.3 Å². The number of aromatic nitrogens is 2. The first-order valence-corrected chi connectivity index (χ1v) is 10.3. The molecule has 4 rings (SSSR count). The molecular formula is C24H24N4O4. The van der Waals surface area contributed by atoms with Crippen molar-refractivity contribution >= 4 is 23.2 Å². The fourth-order valence-electron chi connectivity index (χ4n) is 4.11. The molecule has 8 heteroatoms. The van der Waals surface area contributed by atoms with Crippen LogP contribution >= 0.6 is 0 Å². The number of nitrogens with zero attached hydrogens (tertiary/aromatic N) is 3. The molecule has 1 N–H and O–H groups in total. The number of fused-ring (bicyclic) bond motifs is 1. The highest BCUT2D eigenvalue weighted by Gasteiger charge is 2.44. The van der Waals surface area contributed by atoms with Crippen molar-refractivity contribution in [3.63, 3.8) is 0 Å². The largest absolute Gasteiger partial charge is 0.459 e. The van der Waals surface area contributed by atoms with Crippen LogP contribution in [0.5, 0.6) is 0 Å². The third-order valence-electron chi connectivity index (χ3n) is 5.35. The van der Waals surface area contributed by atoms with Crippen LogP contribution in [0.15, 0.2) is 59.6 Å². The molecule has 1 aliphatic rings. The van der Waals surface area contributed by atoms with Gasteiger partial charge in [-0.1, -0.05) is 48.5 Å². The van der Waals surface area contributed by atoms with Crippen molar-refractivity contribution in [3.05, 3.63) is 75.8 Å². The van der Waals surface area contributed by atoms with Crippen molar-refractivity contribution in [2.45, 2.75) is 39.2 Å². The normalized spacial score (nSPS) is 17.9. The Morgan fingerprint density at radius 1 is 1.09 bits per heavy atom. The Labute approximate surface area is 185 Å². The van der Waals surface area contributed by atoms with Gasteiger partial charge in [-0.2, -0.15) is 5.10 Å². The third kappa shape index (κ3) is 3.91. The number of nitro groups is 1. The van der Waals surface area contributed by atoms with E-state index in [1.807, 2.05) is 30.3 Å². The van der Waals surface area contributed by atoms with Gasteiger partial charge in [0.05, 0.1) is 10.6 Å². The lowest BCUT2D eigenvalue weighted by Crippen LogP contribution is -2.37. The average molecular weight is 432 g/mol. The van der Waals surface area contributed by atoms with Gasteiger partial charge in [0, 0.05) is 28.8 Å². The number of hydrogen-bond acceptors (Lipinski definition) is 6. The predicted molar refractivity (Wildman–Crippen MR) is 121 cm³/mol. The number of para-hydroxylation sites is 1. The Kier molecular flexibility index (Phi) is 5.38. The number of ether oxygens (including phenoxy) is 1. The fourth-order valence-corrected chi connectivity index (χ4v) is 4.11. The van der Waals surface area contributed by atoms with Gasteiger partial charge in [0.15, 0.2) is 5.82 Å². The van der Waals surface area contributed by atoms with Crippen molar-refractivity contribution in [2.75, 3.05) is 0 Å². The number of rotatable bonds is 4. The van der Waals surface area contributed by atoms with E-state index in [1.54, 1.807) is 45.9 Å². The smallest absolute Gasteiger partial charge is 0.316 e. The quantitative estimate of drug-likeness (QED) is 0.347. The van der Waals surface area contributed by atoms with Gasteiger partial charge in [-0.25, -0.2) is 4.99 Å². The summed E-state index contributed by atoms with van der Waals surface area (Å²) in [5.41, 5.74) is 2.31. The van der Waals surface area contributed by atoms with E-state index in [4.69, 9.17) is 4.74 Å². The molecule has 32 heavy (non-hydrogen) atoms. The molecule has 0 saturated carbocycles. The van der Waals surface area contributed by atoms with E-state index < -0.39 is 28.3 Å². The minimum atomic E-state index is -0.831. The monoisotopic (exact) mass is 432 g/mol. The molecule has 0 fully saturated rings. The number of hydrogen-bond donors (Lipinski definition) is 1. The Morgan fingerprint density at radius 2 is 1.75 bits per heavy atom. The van der Waals surface area contributed by atoms with E-state index in [0.717, 1.165) is 5.56 Å². The van der Waals surface area contributed by atoms with Crippen LogP contribution < -0.4 is 0 Å². The van der Waals surface area contributed by atoms with Crippen LogP contribution in [0, 0.1) is 16.0 Å². The van der Waals surface area contributed by atoms with Gasteiger partial charge >= 0.3 is 5.97 Å². The molecule has 0 radical (unpaired) electrons. The molecule has 0 aliphatic carbocycles. The number of nitro benzene ring substituents is 1. The van der Waals surface area contributed by atoms with Crippen LogP contribution in [0.2, 0.25) is 0 Å². The lowest BCUT2D eigenvalue weighted by molar-refractivity contribution is -0.385. The minimum Gasteiger partial charge on any atom is -0.459 e. The zero-order chi connectivity index (χ0) is 23.0. The molecular weight excluding hydrogens is 408 g/mol. The molecule has 0 amide bonds. The van der Waals surface area contributed by atoms with Crippen LogP contribution in [-0.2, 0) is 9.53 Å². The molecule has 1 aromatic heterocycles. The van der Waals surface area contributed by atoms with Crippen LogP contribution in [0.4, 0.5) is 11.5 Å². The zero-order valence-electron chi connectivity index (χ0n) is 18.3. The van der Waals surface area contributed by atoms with Gasteiger partial charge in [0.25, 0.3) is 5.69 Å². The molecule has 1 aliphatic heterocycles. The molecule has 2 aromatic carbocycles. The van der Waals surface area contributed by atoms with E-state index in [2.05, 4.69) is 15.2 Å². The topological polar surface area (TPSA) is 110 Å². The molecule has 2 atom stereocenters. The molecule has 0 spiro atoms. The van der Waals surface area contributed by atoms with E-state index >= 15 is 0 Å². The first-order chi connectivity index (χ1) is 15.2. The number of H-pyrrole nitrogens is 1. The first-order valence-electron chi connectivity index (χ1n) is 10.3. The van der Waals surface area contributed by atoms with Crippen molar-refractivity contribution < 1.29 is 14.5 Å². The number of benzene rings is 2. The molecule has 164 valence electrons. The maximum atomic E-state index is 13.4. The second-order valence-electron chi connectivity index (χ2n) is 8.76. The van der Waals surface area contributed by atoms with Crippen molar-refractivity contribution in [1.29, 1.82) is 0 Å². The van der Waals surface area contributed by atoms with E-state index in [0.29, 0.717) is 28.4 Å². The van der Waals surface area contributed by atoms with Gasteiger partial charge in [-0.05, 0) is 33.3 Å². The highest BCUT2D eigenvalue weighted by molar-refractivity contribution is 6.05. The summed E-state index contributed by atoms with van der Waals surface area (Å²) in [5.74, 6) is -1.58. The van der Waals surface area contributed by atoms with Gasteiger partial charge in [-0.15, -0.1) is 0 Å². The molecule has 0 saturated heterocycles. The zero-order valence-corrected chi connectivity index (χ0v) is 18.3. The van der Waals surface area contributed by atoms with E-state index in [1.165, 1.54) is 6.07 Å². The van der Waals surface area contributed by atoms with Crippen LogP contribution in [0.1, 0.15) is 44.7 Å². The Balaban J connectivity index is 1.98. The lowest BCUT2D eigenvalue weighted by atomic mass is 9.75. The summed E-state index contributed by atoms with van der Waals surface area (Å²) in [5, 5.41) is 19.3. The number of nitrogens with one attached hydrogen (secondary N) is 1. The summed E-state index contributed by atoms with van der Waals surface area (Å²) >= 11 is 0. The van der Waals surface area contributed by atoms with E-state index in [-0.39, 0.29) is 5.69 Å². The van der Waals surface area contributed by atoms with Crippen LogP contribution in [0.3, 0.4) is 0 Å². The average Bonchev–Trinajstić information content (AvgIpc) is 3.15. The Morgan fingerprint density at radius 3 is 2.41 bits per heavy atom. The number of aliphatic imine (C=N–C) groups is 1. The number of carbonyl (C=O) groups is 1. The summed E-state index contributed by atoms with van der Waals surface area (Å²) in [7, 11) is 0. The summed E-state index contributed by atoms with van der Waals surface area (Å²) in [4.78, 5) is 29.4. The highest BCUT2D eigenvalue weighted by Crippen LogP contribution is 2.48. The molecule has 2 heterocycles. The van der Waals surface area contributed by atoms with Gasteiger partial charge < -0.3 is 4.74 Å². The first kappa shape index (κ1) is 21.4. The minimum absolute atomic E-state index is 0.0630. The molecule has 8 nitrogen and oxygen atoms in total. The Bertz CT molecular complexity index is 1210. The molecule has 2 unspecified atom stereocenters. The van der Waals surface area contributed by atoms with Crippen molar-refractivity contribution in [1.82, 2.24) is 10.2 Å². The summed E-state index contributed by atoms with van der Waals surface area (Å²) in [6.07, 6.45) is 0. The van der Waals surface area contributed by atoms with Gasteiger partial charge in [0.2, 0.25) is 0 Å². The second-order valence-corrected chi connectivity index (χ2v) is 8.76. The number of esters is 1. The lowest BCUT2D eigenvalue weighted by Gasteiger charge is -2.32. The maximum Gasteiger partial charge on any atom is 0.316 e. The molecule has 0 bridgehead atoms. The van der Waals surface area contributed by atoms with Gasteiger partial charge in [0.1, 0.15) is 11.5 Å². The van der Waals surface area contributed by atoms with Crippen LogP contribution in [-0.4, -0.2) is 32.4 Å². The molecule has 3 aromatic rings. The standard InChI is InChI=1S/C24H24N4O4/c1-14-18(23(29)32-24(2,3)4)19(16-12-8-9-13-17(16)28(30)31)20-21(26-27-22(20)25-14)15-10-6-5-7-11-15/h5-13,18-19H,1-4H3,(H,26,27). The number of carbonyl (C=O) groups excluding carboxylic acids is 1. The summed E-state index contributed by atoms with van der Waals surface area (Å²) in [6, 6.07) is 16.0. The van der Waals surface area contributed by atoms with Gasteiger partial charge in [-0.3, -0.25) is 20.0 Å². The Hall–Kier alpha value is -3.81. The third-order valence-corrected chi connectivity index (χ3v) is 5.35. The highest BCUT2D eigenvalue weighted by atomic mass is 16.6. The fraction of sp³-hybridized carbons (Fsp3) is 0.292. The predicted octanol–water partition coefficient (Wildman–Crippen LogP) is 5.18. The summed E-state index contributed by atoms with van der Waals surface area (Å²) in [6.45, 7) is 7.10. The van der Waals surface area contributed by atoms with E-state index in [9.17, 15) is 14.9 Å². The number of aromatic amines is 1.